The van der Waals surface area contributed by atoms with Gasteiger partial charge in [-0.15, -0.1) is 13.2 Å². The number of allylic oxidation sites excluding steroid dienone is 2. The van der Waals surface area contributed by atoms with Gasteiger partial charge in [-0.3, -0.25) is 0 Å². The van der Waals surface area contributed by atoms with Crippen LogP contribution in [0, 0.1) is 0 Å². The van der Waals surface area contributed by atoms with Crippen LogP contribution in [0.5, 0.6) is 0 Å². The van der Waals surface area contributed by atoms with Crippen molar-refractivity contribution in [1.29, 1.82) is 0 Å². The largest absolute Gasteiger partial charge is 0.379 e. The van der Waals surface area contributed by atoms with Gasteiger partial charge in [-0.05, 0) is 33.6 Å². The summed E-state index contributed by atoms with van der Waals surface area (Å²) >= 11 is 0. The van der Waals surface area contributed by atoms with Crippen LogP contribution in [0.3, 0.4) is 0 Å². The smallest absolute Gasteiger partial charge is 0.0781 e. The number of hydrogen-bond donors (Lipinski definition) is 0. The van der Waals surface area contributed by atoms with Crippen LogP contribution in [-0.4, -0.2) is 52.4 Å². The minimum Gasteiger partial charge on any atom is -0.379 e. The molecule has 0 rings (SSSR count). The number of ether oxygens (including phenoxy) is 4. The minimum absolute atomic E-state index is 0.116. The molecule has 0 aromatic rings. The molecule has 1 atom stereocenters. The number of hydrogen-bond acceptors (Lipinski definition) is 4. The Balaban J connectivity index is -0.000000700. The lowest BCUT2D eigenvalue weighted by atomic mass is 10.4. The molecule has 0 aromatic carbocycles. The molecule has 0 aliphatic carbocycles. The van der Waals surface area contributed by atoms with Gasteiger partial charge >= 0.3 is 0 Å². The minimum atomic E-state index is 0.116. The second kappa shape index (κ2) is 31.1. The first-order valence-corrected chi connectivity index (χ1v) is 9.63. The van der Waals surface area contributed by atoms with Crippen molar-refractivity contribution < 1.29 is 18.9 Å². The zero-order chi connectivity index (χ0) is 19.6. The summed E-state index contributed by atoms with van der Waals surface area (Å²) in [6.45, 7) is 21.7. The van der Waals surface area contributed by atoms with Crippen LogP contribution < -0.4 is 0 Å². The molecular formula is C21H44O4. The van der Waals surface area contributed by atoms with E-state index in [0.29, 0.717) is 33.0 Å². The zero-order valence-corrected chi connectivity index (χ0v) is 17.6. The topological polar surface area (TPSA) is 36.9 Å². The fraction of sp³-hybridized carbons (Fsp3) is 0.810. The Kier molecular flexibility index (Phi) is 36.2. The lowest BCUT2D eigenvalue weighted by molar-refractivity contribution is -0.0400. The normalized spacial score (nSPS) is 10.8. The van der Waals surface area contributed by atoms with Gasteiger partial charge in [0.2, 0.25) is 0 Å². The molecule has 4 nitrogen and oxygen atoms in total. The quantitative estimate of drug-likeness (QED) is 0.288. The monoisotopic (exact) mass is 360 g/mol. The molecule has 25 heavy (non-hydrogen) atoms. The highest BCUT2D eigenvalue weighted by Gasteiger charge is 2.02. The third-order valence-electron chi connectivity index (χ3n) is 2.64. The first kappa shape index (κ1) is 29.1. The van der Waals surface area contributed by atoms with Crippen LogP contribution in [0.25, 0.3) is 0 Å². The summed E-state index contributed by atoms with van der Waals surface area (Å²) in [6, 6.07) is 0. The number of rotatable bonds is 15. The highest BCUT2D eigenvalue weighted by molar-refractivity contribution is 4.52. The third-order valence-corrected chi connectivity index (χ3v) is 2.64. The molecule has 4 heteroatoms. The van der Waals surface area contributed by atoms with Crippen LogP contribution in [-0.2, 0) is 18.9 Å². The average Bonchev–Trinajstić information content (AvgIpc) is 2.58. The van der Waals surface area contributed by atoms with Crippen molar-refractivity contribution in [3.63, 3.8) is 0 Å². The molecule has 0 aliphatic rings. The Morgan fingerprint density at radius 2 is 1.12 bits per heavy atom. The zero-order valence-electron chi connectivity index (χ0n) is 17.6. The van der Waals surface area contributed by atoms with Gasteiger partial charge in [0, 0.05) is 13.2 Å². The molecule has 0 fully saturated rings. The van der Waals surface area contributed by atoms with E-state index in [1.807, 2.05) is 20.8 Å². The van der Waals surface area contributed by atoms with Crippen LogP contribution in [0.1, 0.15) is 60.3 Å². The van der Waals surface area contributed by atoms with Crippen molar-refractivity contribution in [3.8, 4) is 0 Å². The van der Waals surface area contributed by atoms with Gasteiger partial charge in [0.05, 0.1) is 39.1 Å². The van der Waals surface area contributed by atoms with E-state index in [0.717, 1.165) is 26.1 Å². The molecule has 0 aliphatic heterocycles. The standard InChI is InChI=1S/C15H32O4.2C3H6/c1-4-6-8-16-10-11-18-14-15(3)19-13-12-17-9-7-5-2;2*1-3-2/h15H,4-14H2,1-3H3;2*3H,1H2,2H3. The first-order chi connectivity index (χ1) is 12.1. The van der Waals surface area contributed by atoms with Gasteiger partial charge < -0.3 is 18.9 Å². The van der Waals surface area contributed by atoms with E-state index in [1.165, 1.54) is 12.8 Å². The van der Waals surface area contributed by atoms with Gasteiger partial charge in [-0.1, -0.05) is 38.8 Å². The van der Waals surface area contributed by atoms with Gasteiger partial charge in [-0.25, -0.2) is 0 Å². The summed E-state index contributed by atoms with van der Waals surface area (Å²) in [7, 11) is 0. The van der Waals surface area contributed by atoms with Crippen molar-refractivity contribution in [3.05, 3.63) is 25.3 Å². The fourth-order valence-electron chi connectivity index (χ4n) is 1.42. The lowest BCUT2D eigenvalue weighted by Crippen LogP contribution is -2.20. The summed E-state index contributed by atoms with van der Waals surface area (Å²) in [5, 5.41) is 0. The average molecular weight is 361 g/mol. The van der Waals surface area contributed by atoms with Crippen molar-refractivity contribution >= 4 is 0 Å². The Hall–Kier alpha value is -0.680. The summed E-state index contributed by atoms with van der Waals surface area (Å²) < 4.78 is 21.9. The van der Waals surface area contributed by atoms with Crippen molar-refractivity contribution in [1.82, 2.24) is 0 Å². The summed E-state index contributed by atoms with van der Waals surface area (Å²) in [4.78, 5) is 0. The lowest BCUT2D eigenvalue weighted by Gasteiger charge is -2.13. The van der Waals surface area contributed by atoms with Crippen molar-refractivity contribution in [2.75, 3.05) is 46.2 Å². The van der Waals surface area contributed by atoms with Crippen LogP contribution >= 0.6 is 0 Å². The van der Waals surface area contributed by atoms with Gasteiger partial charge in [0.15, 0.2) is 0 Å². The predicted molar refractivity (Wildman–Crippen MR) is 109 cm³/mol. The molecule has 0 heterocycles. The van der Waals surface area contributed by atoms with E-state index in [4.69, 9.17) is 18.9 Å². The van der Waals surface area contributed by atoms with Crippen molar-refractivity contribution in [2.45, 2.75) is 66.4 Å². The van der Waals surface area contributed by atoms with Crippen LogP contribution in [0.15, 0.2) is 25.3 Å². The second-order valence-corrected chi connectivity index (χ2v) is 5.50. The third kappa shape index (κ3) is 39.8. The Morgan fingerprint density at radius 1 is 0.720 bits per heavy atom. The Morgan fingerprint density at radius 3 is 1.56 bits per heavy atom. The van der Waals surface area contributed by atoms with E-state index < -0.39 is 0 Å². The molecule has 0 N–H and O–H groups in total. The summed E-state index contributed by atoms with van der Waals surface area (Å²) in [6.07, 6.45) is 8.21. The molecule has 0 bridgehead atoms. The molecule has 0 radical (unpaired) electrons. The molecule has 1 unspecified atom stereocenters. The molecule has 0 spiro atoms. The second-order valence-electron chi connectivity index (χ2n) is 5.50. The summed E-state index contributed by atoms with van der Waals surface area (Å²) in [5.74, 6) is 0. The molecule has 0 aromatic heterocycles. The molecule has 0 saturated carbocycles. The molecule has 0 saturated heterocycles. The summed E-state index contributed by atoms with van der Waals surface area (Å²) in [5.41, 5.74) is 0. The highest BCUT2D eigenvalue weighted by Crippen LogP contribution is 1.94. The number of unbranched alkanes of at least 4 members (excludes halogenated alkanes) is 2. The van der Waals surface area contributed by atoms with E-state index >= 15 is 0 Å². The van der Waals surface area contributed by atoms with Gasteiger partial charge in [-0.2, -0.15) is 0 Å². The maximum Gasteiger partial charge on any atom is 0.0781 e. The van der Waals surface area contributed by atoms with Gasteiger partial charge in [0.1, 0.15) is 0 Å². The van der Waals surface area contributed by atoms with E-state index in [9.17, 15) is 0 Å². The van der Waals surface area contributed by atoms with Crippen LogP contribution in [0.4, 0.5) is 0 Å². The molecule has 152 valence electrons. The van der Waals surface area contributed by atoms with Crippen LogP contribution in [0.2, 0.25) is 0 Å². The van der Waals surface area contributed by atoms with E-state index in [1.54, 1.807) is 12.2 Å². The highest BCUT2D eigenvalue weighted by atomic mass is 16.6. The maximum atomic E-state index is 5.58. The Bertz CT molecular complexity index is 226. The van der Waals surface area contributed by atoms with Crippen molar-refractivity contribution in [2.24, 2.45) is 0 Å². The predicted octanol–water partition coefficient (Wildman–Crippen LogP) is 5.43. The molecular weight excluding hydrogens is 316 g/mol. The first-order valence-electron chi connectivity index (χ1n) is 9.63. The molecule has 0 amide bonds. The Labute approximate surface area is 157 Å². The van der Waals surface area contributed by atoms with E-state index in [-0.39, 0.29) is 6.10 Å². The van der Waals surface area contributed by atoms with Gasteiger partial charge in [0.25, 0.3) is 0 Å². The maximum absolute atomic E-state index is 5.58. The van der Waals surface area contributed by atoms with E-state index in [2.05, 4.69) is 27.0 Å². The SMILES string of the molecule is C=CC.C=CC.CCCCOCCOCC(C)OCCOCCCC. The fourth-order valence-corrected chi connectivity index (χ4v) is 1.42.